The molecule has 1 aliphatic rings. The Bertz CT molecular complexity index is 505. The van der Waals surface area contributed by atoms with Crippen LogP contribution in [0.4, 0.5) is 18.9 Å². The number of aromatic amines is 1. The molecule has 92 valence electrons. The molecule has 0 radical (unpaired) electrons. The molecule has 2 heterocycles. The molecule has 0 spiro atoms. The summed E-state index contributed by atoms with van der Waals surface area (Å²) < 4.78 is 37.0. The molecule has 2 rings (SSSR count). The zero-order chi connectivity index (χ0) is 12.6. The molecule has 8 heteroatoms. The van der Waals surface area contributed by atoms with Gasteiger partial charge < -0.3 is 4.90 Å². The molecule has 5 nitrogen and oxygen atoms in total. The number of nitrogens with one attached hydrogen (secondary N) is 1. The molecule has 1 fully saturated rings. The molecule has 1 saturated heterocycles. The Balaban J connectivity index is 2.51. The first kappa shape index (κ1) is 11.6. The number of aromatic nitrogens is 2. The summed E-state index contributed by atoms with van der Waals surface area (Å²) in [5.41, 5.74) is -2.05. The Morgan fingerprint density at radius 1 is 1.41 bits per heavy atom. The van der Waals surface area contributed by atoms with Crippen LogP contribution in [-0.4, -0.2) is 35.2 Å². The van der Waals surface area contributed by atoms with E-state index in [-0.39, 0.29) is 5.69 Å². The topological polar surface area (TPSA) is 66.1 Å². The number of halogens is 3. The van der Waals surface area contributed by atoms with E-state index in [1.54, 1.807) is 0 Å². The maximum atomic E-state index is 12.3. The van der Waals surface area contributed by atoms with E-state index in [4.69, 9.17) is 0 Å². The molecule has 0 amide bonds. The number of nitrogens with zero attached hydrogens (tertiary/aromatic N) is 2. The minimum Gasteiger partial charge on any atom is -0.369 e. The van der Waals surface area contributed by atoms with Gasteiger partial charge in [0.05, 0.1) is 11.9 Å². The van der Waals surface area contributed by atoms with Gasteiger partial charge in [0.25, 0.3) is 11.3 Å². The monoisotopic (exact) mass is 247 g/mol. The lowest BCUT2D eigenvalue weighted by atomic mass is 10.1. The third-order valence-corrected chi connectivity index (χ3v) is 2.52. The third kappa shape index (κ3) is 2.02. The highest BCUT2D eigenvalue weighted by atomic mass is 19.4. The van der Waals surface area contributed by atoms with Crippen LogP contribution in [0.1, 0.15) is 16.8 Å². The van der Waals surface area contributed by atoms with Crippen molar-refractivity contribution in [2.24, 2.45) is 0 Å². The zero-order valence-corrected chi connectivity index (χ0v) is 8.54. The molecule has 0 bridgehead atoms. The van der Waals surface area contributed by atoms with Gasteiger partial charge in [0.15, 0.2) is 0 Å². The summed E-state index contributed by atoms with van der Waals surface area (Å²) in [6, 6.07) is 0. The second-order valence-corrected chi connectivity index (χ2v) is 3.63. The van der Waals surface area contributed by atoms with Crippen molar-refractivity contribution in [3.05, 3.63) is 22.1 Å². The minimum atomic E-state index is -5.06. The normalized spacial score (nSPS) is 15.6. The van der Waals surface area contributed by atoms with E-state index in [0.717, 1.165) is 12.6 Å². The Labute approximate surface area is 93.2 Å². The molecule has 0 unspecified atom stereocenters. The van der Waals surface area contributed by atoms with Crippen LogP contribution in [0, 0.1) is 0 Å². The summed E-state index contributed by atoms with van der Waals surface area (Å²) in [5, 5.41) is 5.26. The summed E-state index contributed by atoms with van der Waals surface area (Å²) in [6.07, 6.45) is -3.18. The van der Waals surface area contributed by atoms with Crippen molar-refractivity contribution in [3.63, 3.8) is 0 Å². The first-order valence-corrected chi connectivity index (χ1v) is 4.85. The molecular formula is C9H8F3N3O2. The quantitative estimate of drug-likeness (QED) is 0.782. The first-order chi connectivity index (χ1) is 7.91. The maximum Gasteiger partial charge on any atom is 0.455 e. The Hall–Kier alpha value is -1.86. The summed E-state index contributed by atoms with van der Waals surface area (Å²) in [7, 11) is 0. The molecule has 0 saturated carbocycles. The van der Waals surface area contributed by atoms with E-state index in [0.29, 0.717) is 13.1 Å². The molecule has 0 aromatic carbocycles. The van der Waals surface area contributed by atoms with Gasteiger partial charge in [-0.3, -0.25) is 9.59 Å². The lowest BCUT2D eigenvalue weighted by Gasteiger charge is -2.33. The van der Waals surface area contributed by atoms with Gasteiger partial charge in [-0.2, -0.15) is 18.3 Å². The second-order valence-electron chi connectivity index (χ2n) is 3.63. The van der Waals surface area contributed by atoms with Gasteiger partial charge in [-0.1, -0.05) is 0 Å². The number of H-pyrrole nitrogens is 1. The van der Waals surface area contributed by atoms with E-state index >= 15 is 0 Å². The first-order valence-electron chi connectivity index (χ1n) is 4.85. The van der Waals surface area contributed by atoms with Gasteiger partial charge in [-0.15, -0.1) is 0 Å². The van der Waals surface area contributed by atoms with Gasteiger partial charge in [0, 0.05) is 13.1 Å². The predicted octanol–water partition coefficient (Wildman–Crippen LogP) is 0.725. The van der Waals surface area contributed by atoms with E-state index in [2.05, 4.69) is 5.10 Å². The van der Waals surface area contributed by atoms with Crippen molar-refractivity contribution in [2.75, 3.05) is 18.0 Å². The van der Waals surface area contributed by atoms with Crippen molar-refractivity contribution in [1.82, 2.24) is 10.2 Å². The zero-order valence-electron chi connectivity index (χ0n) is 8.54. The van der Waals surface area contributed by atoms with Crippen LogP contribution < -0.4 is 10.5 Å². The molecular weight excluding hydrogens is 239 g/mol. The molecule has 1 aliphatic heterocycles. The van der Waals surface area contributed by atoms with Crippen LogP contribution >= 0.6 is 0 Å². The fraction of sp³-hybridized carbons (Fsp3) is 0.444. The average molecular weight is 247 g/mol. The summed E-state index contributed by atoms with van der Waals surface area (Å²) in [4.78, 5) is 24.0. The lowest BCUT2D eigenvalue weighted by molar-refractivity contribution is -0.0886. The molecule has 0 aliphatic carbocycles. The van der Waals surface area contributed by atoms with Crippen molar-refractivity contribution in [2.45, 2.75) is 12.6 Å². The smallest absolute Gasteiger partial charge is 0.369 e. The Morgan fingerprint density at radius 3 is 2.53 bits per heavy atom. The van der Waals surface area contributed by atoms with E-state index in [1.807, 2.05) is 5.10 Å². The lowest BCUT2D eigenvalue weighted by Crippen LogP contribution is -2.41. The van der Waals surface area contributed by atoms with Crippen molar-refractivity contribution in [3.8, 4) is 0 Å². The van der Waals surface area contributed by atoms with Crippen LogP contribution in [0.2, 0.25) is 0 Å². The van der Waals surface area contributed by atoms with Gasteiger partial charge >= 0.3 is 6.18 Å². The highest BCUT2D eigenvalue weighted by Crippen LogP contribution is 2.27. The van der Waals surface area contributed by atoms with Gasteiger partial charge in [-0.05, 0) is 6.42 Å². The largest absolute Gasteiger partial charge is 0.455 e. The highest BCUT2D eigenvalue weighted by Gasteiger charge is 2.43. The van der Waals surface area contributed by atoms with Gasteiger partial charge in [0.1, 0.15) is 5.56 Å². The van der Waals surface area contributed by atoms with Crippen LogP contribution in [0.5, 0.6) is 0 Å². The number of hydrogen-bond donors (Lipinski definition) is 1. The molecule has 17 heavy (non-hydrogen) atoms. The van der Waals surface area contributed by atoms with Crippen molar-refractivity contribution in [1.29, 1.82) is 0 Å². The highest BCUT2D eigenvalue weighted by molar-refractivity contribution is 6.04. The SMILES string of the molecule is O=C(c1c(N2CCC2)cn[nH]c1=O)C(F)(F)F. The fourth-order valence-corrected chi connectivity index (χ4v) is 1.55. The number of hydrogen-bond acceptors (Lipinski definition) is 4. The van der Waals surface area contributed by atoms with E-state index in [9.17, 15) is 22.8 Å². The molecule has 0 atom stereocenters. The summed E-state index contributed by atoms with van der Waals surface area (Å²) >= 11 is 0. The number of ketones is 1. The van der Waals surface area contributed by atoms with Crippen molar-refractivity contribution < 1.29 is 18.0 Å². The predicted molar refractivity (Wildman–Crippen MR) is 52.1 cm³/mol. The van der Waals surface area contributed by atoms with Crippen LogP contribution in [0.3, 0.4) is 0 Å². The molecule has 1 aromatic rings. The summed E-state index contributed by atoms with van der Waals surface area (Å²) in [5.74, 6) is -2.14. The standard InChI is InChI=1S/C9H8F3N3O2/c10-9(11,12)7(16)6-5(15-2-1-3-15)4-13-14-8(6)17/h4H,1-3H2,(H,14,17). The summed E-state index contributed by atoms with van der Waals surface area (Å²) in [6.45, 7) is 1.03. The fourth-order valence-electron chi connectivity index (χ4n) is 1.55. The number of anilines is 1. The van der Waals surface area contributed by atoms with E-state index < -0.39 is 23.1 Å². The maximum absolute atomic E-state index is 12.3. The number of alkyl halides is 3. The average Bonchev–Trinajstić information content (AvgIpc) is 2.13. The Morgan fingerprint density at radius 2 is 2.06 bits per heavy atom. The molecule has 1 aromatic heterocycles. The minimum absolute atomic E-state index is 0.0534. The van der Waals surface area contributed by atoms with E-state index in [1.165, 1.54) is 4.90 Å². The van der Waals surface area contributed by atoms with Gasteiger partial charge in [0.2, 0.25) is 0 Å². The molecule has 1 N–H and O–H groups in total. The number of Topliss-reactive ketones (excluding diaryl/α,β-unsaturated/α-hetero) is 1. The van der Waals surface area contributed by atoms with Crippen LogP contribution in [-0.2, 0) is 0 Å². The van der Waals surface area contributed by atoms with Crippen LogP contribution in [0.25, 0.3) is 0 Å². The number of carbonyl (C=O) groups is 1. The van der Waals surface area contributed by atoms with Gasteiger partial charge in [-0.25, -0.2) is 5.10 Å². The second kappa shape index (κ2) is 3.86. The van der Waals surface area contributed by atoms with Crippen LogP contribution in [0.15, 0.2) is 11.0 Å². The number of rotatable bonds is 2. The Kier molecular flexibility index (Phi) is 2.64. The van der Waals surface area contributed by atoms with Crippen molar-refractivity contribution >= 4 is 11.5 Å². The number of carbonyl (C=O) groups excluding carboxylic acids is 1. The third-order valence-electron chi connectivity index (χ3n) is 2.52.